The van der Waals surface area contributed by atoms with E-state index in [1.807, 2.05) is 26.0 Å². The van der Waals surface area contributed by atoms with Gasteiger partial charge in [-0.2, -0.15) is 5.26 Å². The summed E-state index contributed by atoms with van der Waals surface area (Å²) in [5.74, 6) is -0.127. The number of benzene rings is 2. The topological polar surface area (TPSA) is 113 Å². The van der Waals surface area contributed by atoms with Gasteiger partial charge in [-0.3, -0.25) is 14.7 Å². The van der Waals surface area contributed by atoms with Crippen LogP contribution in [0.4, 0.5) is 5.69 Å². The number of pyridine rings is 1. The van der Waals surface area contributed by atoms with Crippen LogP contribution >= 0.6 is 0 Å². The molecule has 4 rings (SSSR count). The maximum Gasteiger partial charge on any atom is 0.258 e. The molecule has 2 aromatic carbocycles. The smallest absolute Gasteiger partial charge is 0.258 e. The number of nitriles is 1. The highest BCUT2D eigenvalue weighted by atomic mass is 32.2. The van der Waals surface area contributed by atoms with Crippen molar-refractivity contribution in [2.24, 2.45) is 0 Å². The molecular formula is C30H34N4O5S. The molecule has 0 aliphatic carbocycles. The Morgan fingerprint density at radius 1 is 1.15 bits per heavy atom. The van der Waals surface area contributed by atoms with Gasteiger partial charge < -0.3 is 14.4 Å². The number of rotatable bonds is 9. The van der Waals surface area contributed by atoms with Gasteiger partial charge in [-0.25, -0.2) is 8.42 Å². The number of morpholine rings is 1. The molecule has 2 unspecified atom stereocenters. The predicted molar refractivity (Wildman–Crippen MR) is 154 cm³/mol. The average molecular weight is 563 g/mol. The highest BCUT2D eigenvalue weighted by Gasteiger charge is 2.23. The normalized spacial score (nSPS) is 17.7. The first kappa shape index (κ1) is 29.2. The third-order valence-corrected chi connectivity index (χ3v) is 7.48. The standard InChI is InChI=1S/C30H34N4O5S/c1-21-18-34(19-22(2)39-21)13-14-38-29-15-23(8-9-25(29)20-40(4,36)37)30(35)33(3)26-11-10-24(17-31)27(16-26)28-7-5-6-12-32-28/h5-12,15-16,21-22H,13-14,18-20H2,1-4H3. The summed E-state index contributed by atoms with van der Waals surface area (Å²) in [5.41, 5.74) is 3.15. The average Bonchev–Trinajstić information content (AvgIpc) is 2.92. The summed E-state index contributed by atoms with van der Waals surface area (Å²) in [5, 5.41) is 9.59. The zero-order valence-electron chi connectivity index (χ0n) is 23.2. The first-order valence-electron chi connectivity index (χ1n) is 13.1. The van der Waals surface area contributed by atoms with Gasteiger partial charge in [-0.15, -0.1) is 0 Å². The molecule has 1 aliphatic heterocycles. The monoisotopic (exact) mass is 562 g/mol. The van der Waals surface area contributed by atoms with Crippen LogP contribution < -0.4 is 9.64 Å². The molecule has 0 bridgehead atoms. The summed E-state index contributed by atoms with van der Waals surface area (Å²) in [4.78, 5) is 21.6. The quantitative estimate of drug-likeness (QED) is 0.386. The number of carbonyl (C=O) groups excluding carboxylic acids is 1. The lowest BCUT2D eigenvalue weighted by Crippen LogP contribution is -2.46. The van der Waals surface area contributed by atoms with E-state index in [0.717, 1.165) is 13.1 Å². The van der Waals surface area contributed by atoms with Crippen LogP contribution in [0.5, 0.6) is 5.75 Å². The Balaban J connectivity index is 1.57. The maximum atomic E-state index is 13.5. The number of hydrogen-bond acceptors (Lipinski definition) is 8. The molecule has 2 atom stereocenters. The zero-order valence-corrected chi connectivity index (χ0v) is 24.0. The van der Waals surface area contributed by atoms with E-state index in [4.69, 9.17) is 9.47 Å². The Bertz CT molecular complexity index is 1490. The Morgan fingerprint density at radius 3 is 2.55 bits per heavy atom. The summed E-state index contributed by atoms with van der Waals surface area (Å²) in [7, 11) is -1.67. The van der Waals surface area contributed by atoms with Gasteiger partial charge in [0.2, 0.25) is 0 Å². The van der Waals surface area contributed by atoms with E-state index in [1.54, 1.807) is 55.7 Å². The van der Waals surface area contributed by atoms with E-state index in [2.05, 4.69) is 16.0 Å². The summed E-state index contributed by atoms with van der Waals surface area (Å²) in [6.07, 6.45) is 3.07. The molecule has 40 heavy (non-hydrogen) atoms. The van der Waals surface area contributed by atoms with Crippen molar-refractivity contribution in [2.45, 2.75) is 31.8 Å². The number of carbonyl (C=O) groups is 1. The van der Waals surface area contributed by atoms with Gasteiger partial charge in [0.05, 0.1) is 35.3 Å². The SMILES string of the molecule is CC1CN(CCOc2cc(C(=O)N(C)c3ccc(C#N)c(-c4ccccn4)c3)ccc2CS(C)(=O)=O)CC(C)O1. The first-order valence-corrected chi connectivity index (χ1v) is 15.1. The lowest BCUT2D eigenvalue weighted by Gasteiger charge is -2.35. The van der Waals surface area contributed by atoms with E-state index in [0.29, 0.717) is 52.5 Å². The number of ether oxygens (including phenoxy) is 2. The minimum atomic E-state index is -3.32. The van der Waals surface area contributed by atoms with E-state index in [-0.39, 0.29) is 23.9 Å². The number of sulfone groups is 1. The fourth-order valence-corrected chi connectivity index (χ4v) is 5.66. The first-order chi connectivity index (χ1) is 19.0. The van der Waals surface area contributed by atoms with Gasteiger partial charge in [0.25, 0.3) is 5.91 Å². The van der Waals surface area contributed by atoms with Gasteiger partial charge in [0.15, 0.2) is 9.84 Å². The van der Waals surface area contributed by atoms with Gasteiger partial charge in [0, 0.05) is 61.5 Å². The van der Waals surface area contributed by atoms with Crippen molar-refractivity contribution in [3.05, 3.63) is 77.5 Å². The van der Waals surface area contributed by atoms with Crippen LogP contribution in [-0.2, 0) is 20.3 Å². The van der Waals surface area contributed by atoms with Crippen molar-refractivity contribution in [3.63, 3.8) is 0 Å². The minimum Gasteiger partial charge on any atom is -0.492 e. The maximum absolute atomic E-state index is 13.5. The molecule has 0 spiro atoms. The predicted octanol–water partition coefficient (Wildman–Crippen LogP) is 3.93. The molecule has 1 saturated heterocycles. The number of aromatic nitrogens is 1. The van der Waals surface area contributed by atoms with E-state index < -0.39 is 9.84 Å². The summed E-state index contributed by atoms with van der Waals surface area (Å²) in [6, 6.07) is 17.6. The Labute approximate surface area is 235 Å². The molecule has 210 valence electrons. The Kier molecular flexibility index (Phi) is 9.20. The van der Waals surface area contributed by atoms with Crippen molar-refractivity contribution >= 4 is 21.4 Å². The summed E-state index contributed by atoms with van der Waals surface area (Å²) < 4.78 is 36.0. The highest BCUT2D eigenvalue weighted by molar-refractivity contribution is 7.89. The zero-order chi connectivity index (χ0) is 28.9. The van der Waals surface area contributed by atoms with Crippen molar-refractivity contribution in [3.8, 4) is 23.1 Å². The van der Waals surface area contributed by atoms with Crippen molar-refractivity contribution in [1.82, 2.24) is 9.88 Å². The van der Waals surface area contributed by atoms with Crippen LogP contribution in [0.3, 0.4) is 0 Å². The van der Waals surface area contributed by atoms with Crippen LogP contribution in [0.25, 0.3) is 11.3 Å². The second kappa shape index (κ2) is 12.6. The highest BCUT2D eigenvalue weighted by Crippen LogP contribution is 2.29. The molecule has 9 nitrogen and oxygen atoms in total. The van der Waals surface area contributed by atoms with Crippen LogP contribution in [0.15, 0.2) is 60.8 Å². The Morgan fingerprint density at radius 2 is 1.90 bits per heavy atom. The molecule has 3 aromatic rings. The van der Waals surface area contributed by atoms with Crippen molar-refractivity contribution in [2.75, 3.05) is 44.4 Å². The molecule has 2 heterocycles. The molecule has 0 radical (unpaired) electrons. The fourth-order valence-electron chi connectivity index (χ4n) is 4.86. The molecule has 1 aliphatic rings. The van der Waals surface area contributed by atoms with Crippen LogP contribution in [0, 0.1) is 11.3 Å². The van der Waals surface area contributed by atoms with Gasteiger partial charge in [-0.1, -0.05) is 12.1 Å². The second-order valence-corrected chi connectivity index (χ2v) is 12.3. The molecule has 1 aromatic heterocycles. The third kappa shape index (κ3) is 7.45. The second-order valence-electron chi connectivity index (χ2n) is 10.2. The van der Waals surface area contributed by atoms with Crippen molar-refractivity contribution in [1.29, 1.82) is 5.26 Å². The van der Waals surface area contributed by atoms with Crippen LogP contribution in [-0.4, -0.2) is 76.0 Å². The largest absolute Gasteiger partial charge is 0.492 e. The van der Waals surface area contributed by atoms with E-state index in [1.165, 1.54) is 11.2 Å². The van der Waals surface area contributed by atoms with Crippen molar-refractivity contribution < 1.29 is 22.7 Å². The van der Waals surface area contributed by atoms with Crippen LogP contribution in [0.2, 0.25) is 0 Å². The molecule has 1 amide bonds. The number of anilines is 1. The molecule has 1 fully saturated rings. The lowest BCUT2D eigenvalue weighted by molar-refractivity contribution is -0.0699. The van der Waals surface area contributed by atoms with Gasteiger partial charge in [0.1, 0.15) is 12.4 Å². The third-order valence-electron chi connectivity index (χ3n) is 6.65. The summed E-state index contributed by atoms with van der Waals surface area (Å²) in [6.45, 7) is 6.64. The summed E-state index contributed by atoms with van der Waals surface area (Å²) >= 11 is 0. The van der Waals surface area contributed by atoms with Crippen LogP contribution in [0.1, 0.15) is 35.3 Å². The van der Waals surface area contributed by atoms with Gasteiger partial charge in [-0.05, 0) is 56.3 Å². The van der Waals surface area contributed by atoms with E-state index in [9.17, 15) is 18.5 Å². The lowest BCUT2D eigenvalue weighted by atomic mass is 10.0. The molecular weight excluding hydrogens is 528 g/mol. The molecule has 10 heteroatoms. The van der Waals surface area contributed by atoms with Gasteiger partial charge >= 0.3 is 0 Å². The number of amides is 1. The van der Waals surface area contributed by atoms with E-state index >= 15 is 0 Å². The Hall–Kier alpha value is -3.78. The molecule has 0 N–H and O–H groups in total. The molecule has 0 saturated carbocycles. The number of nitrogens with zero attached hydrogens (tertiary/aromatic N) is 4. The number of hydrogen-bond donors (Lipinski definition) is 0. The fraction of sp³-hybridized carbons (Fsp3) is 0.367. The minimum absolute atomic E-state index is 0.126.